The van der Waals surface area contributed by atoms with Crippen molar-refractivity contribution in [2.24, 2.45) is 0 Å². The number of nitrogens with one attached hydrogen (secondary N) is 3. The number of aromatic amines is 1. The third-order valence-corrected chi connectivity index (χ3v) is 4.46. The summed E-state index contributed by atoms with van der Waals surface area (Å²) < 4.78 is 5.91. The van der Waals surface area contributed by atoms with E-state index in [1.807, 2.05) is 48.7 Å². The molecule has 0 fully saturated rings. The van der Waals surface area contributed by atoms with E-state index in [2.05, 4.69) is 36.4 Å². The third kappa shape index (κ3) is 5.36. The van der Waals surface area contributed by atoms with E-state index in [0.717, 1.165) is 36.0 Å². The normalized spacial score (nSPS) is 11.5. The number of carbonyl (C=O) groups is 1. The number of hydrogen-bond acceptors (Lipinski definition) is 3. The molecule has 0 aliphatic heterocycles. The number of aromatic nitrogens is 1. The molecule has 0 unspecified atom stereocenters. The zero-order chi connectivity index (χ0) is 20.0. The van der Waals surface area contributed by atoms with Crippen LogP contribution in [0.15, 0.2) is 54.7 Å². The molecule has 0 atom stereocenters. The van der Waals surface area contributed by atoms with E-state index in [-0.39, 0.29) is 11.4 Å². The number of ether oxygens (including phenoxy) is 1. The molecule has 0 radical (unpaired) electrons. The monoisotopic (exact) mass is 379 g/mol. The molecule has 3 aromatic rings. The summed E-state index contributed by atoms with van der Waals surface area (Å²) in [4.78, 5) is 16.0. The fourth-order valence-electron chi connectivity index (χ4n) is 3.04. The maximum atomic E-state index is 12.8. The first kappa shape index (κ1) is 20.0. The lowest BCUT2D eigenvalue weighted by molar-refractivity contribution is 0.102. The summed E-state index contributed by atoms with van der Waals surface area (Å²) in [6, 6.07) is 15.1. The maximum Gasteiger partial charge on any atom is 0.259 e. The predicted molar refractivity (Wildman–Crippen MR) is 115 cm³/mol. The van der Waals surface area contributed by atoms with Crippen molar-refractivity contribution in [2.75, 3.05) is 18.5 Å². The lowest BCUT2D eigenvalue weighted by Gasteiger charge is -2.20. The summed E-state index contributed by atoms with van der Waals surface area (Å²) in [5.41, 5.74) is 2.45. The van der Waals surface area contributed by atoms with E-state index < -0.39 is 0 Å². The van der Waals surface area contributed by atoms with Gasteiger partial charge in [-0.1, -0.05) is 18.2 Å². The zero-order valence-electron chi connectivity index (χ0n) is 16.8. The molecule has 1 heterocycles. The van der Waals surface area contributed by atoms with E-state index in [0.29, 0.717) is 17.9 Å². The second-order valence-corrected chi connectivity index (χ2v) is 7.93. The molecule has 28 heavy (non-hydrogen) atoms. The van der Waals surface area contributed by atoms with Crippen LogP contribution in [0.5, 0.6) is 5.75 Å². The molecule has 3 N–H and O–H groups in total. The van der Waals surface area contributed by atoms with Gasteiger partial charge < -0.3 is 20.4 Å². The van der Waals surface area contributed by atoms with E-state index in [1.54, 1.807) is 6.07 Å². The Kier molecular flexibility index (Phi) is 6.37. The second-order valence-electron chi connectivity index (χ2n) is 7.93. The van der Waals surface area contributed by atoms with Crippen LogP contribution in [0.4, 0.5) is 5.69 Å². The number of hydrogen-bond donors (Lipinski definition) is 3. The summed E-state index contributed by atoms with van der Waals surface area (Å²) in [6.45, 7) is 8.02. The quantitative estimate of drug-likeness (QED) is 0.484. The number of anilines is 1. The predicted octanol–water partition coefficient (Wildman–Crippen LogP) is 4.97. The van der Waals surface area contributed by atoms with Crippen molar-refractivity contribution in [3.8, 4) is 5.75 Å². The average Bonchev–Trinajstić information content (AvgIpc) is 3.14. The summed E-state index contributed by atoms with van der Waals surface area (Å²) in [6.07, 6.45) is 3.83. The van der Waals surface area contributed by atoms with Crippen LogP contribution in [0.3, 0.4) is 0 Å². The number of unbranched alkanes of at least 4 members (excludes halogenated alkanes) is 1. The van der Waals surface area contributed by atoms with Gasteiger partial charge in [-0.05, 0) is 70.5 Å². The van der Waals surface area contributed by atoms with Crippen LogP contribution in [-0.4, -0.2) is 29.6 Å². The molecule has 2 aromatic carbocycles. The van der Waals surface area contributed by atoms with E-state index >= 15 is 0 Å². The van der Waals surface area contributed by atoms with Gasteiger partial charge in [0, 0.05) is 22.6 Å². The molecule has 1 aromatic heterocycles. The van der Waals surface area contributed by atoms with Crippen LogP contribution in [0.25, 0.3) is 10.9 Å². The van der Waals surface area contributed by atoms with Crippen LogP contribution >= 0.6 is 0 Å². The molecule has 148 valence electrons. The van der Waals surface area contributed by atoms with Crippen molar-refractivity contribution in [2.45, 2.75) is 39.2 Å². The Morgan fingerprint density at radius 1 is 1.04 bits per heavy atom. The summed E-state index contributed by atoms with van der Waals surface area (Å²) >= 11 is 0. The highest BCUT2D eigenvalue weighted by Gasteiger charge is 2.14. The molecule has 0 bridgehead atoms. The molecule has 3 rings (SSSR count). The number of benzene rings is 2. The van der Waals surface area contributed by atoms with Crippen molar-refractivity contribution < 1.29 is 9.53 Å². The van der Waals surface area contributed by atoms with Crippen molar-refractivity contribution in [3.05, 3.63) is 60.3 Å². The van der Waals surface area contributed by atoms with Gasteiger partial charge in [0.2, 0.25) is 0 Å². The van der Waals surface area contributed by atoms with Crippen LogP contribution < -0.4 is 15.4 Å². The minimum Gasteiger partial charge on any atom is -0.493 e. The highest BCUT2D eigenvalue weighted by Crippen LogP contribution is 2.25. The molecule has 0 spiro atoms. The Bertz CT molecular complexity index is 925. The van der Waals surface area contributed by atoms with Crippen LogP contribution in [-0.2, 0) is 0 Å². The fraction of sp³-hybridized carbons (Fsp3) is 0.348. The lowest BCUT2D eigenvalue weighted by atomic mass is 10.1. The van der Waals surface area contributed by atoms with E-state index in [4.69, 9.17) is 4.74 Å². The number of H-pyrrole nitrogens is 1. The Balaban J connectivity index is 1.59. The van der Waals surface area contributed by atoms with Gasteiger partial charge in [0.05, 0.1) is 17.9 Å². The Morgan fingerprint density at radius 3 is 2.68 bits per heavy atom. The fourth-order valence-corrected chi connectivity index (χ4v) is 3.04. The van der Waals surface area contributed by atoms with Gasteiger partial charge in [-0.2, -0.15) is 0 Å². The number of rotatable bonds is 8. The van der Waals surface area contributed by atoms with E-state index in [1.165, 1.54) is 0 Å². The second kappa shape index (κ2) is 8.93. The molecule has 0 aliphatic rings. The number of amides is 1. The molecule has 0 aliphatic carbocycles. The topological polar surface area (TPSA) is 66.2 Å². The van der Waals surface area contributed by atoms with Gasteiger partial charge in [-0.3, -0.25) is 4.79 Å². The Labute approximate surface area is 166 Å². The summed E-state index contributed by atoms with van der Waals surface area (Å²) in [5.74, 6) is 0.448. The molecular weight excluding hydrogens is 350 g/mol. The first-order chi connectivity index (χ1) is 13.4. The number of carbonyl (C=O) groups excluding carboxylic acids is 1. The zero-order valence-corrected chi connectivity index (χ0v) is 16.8. The van der Waals surface area contributed by atoms with Gasteiger partial charge in [0.15, 0.2) is 0 Å². The van der Waals surface area contributed by atoms with Crippen molar-refractivity contribution >= 4 is 22.5 Å². The Hall–Kier alpha value is -2.79. The first-order valence-electron chi connectivity index (χ1n) is 9.78. The largest absolute Gasteiger partial charge is 0.493 e. The smallest absolute Gasteiger partial charge is 0.259 e. The molecule has 5 heteroatoms. The standard InChI is InChI=1S/C23H29N3O2/c1-23(2,3)25-14-6-7-16-28-21-12-5-4-9-18(21)22(27)26-20-11-8-10-19-17(20)13-15-24-19/h4-5,8-13,15,24-25H,6-7,14,16H2,1-3H3,(H,26,27). The van der Waals surface area contributed by atoms with Gasteiger partial charge >= 0.3 is 0 Å². The van der Waals surface area contributed by atoms with Crippen molar-refractivity contribution in [1.29, 1.82) is 0 Å². The van der Waals surface area contributed by atoms with Gasteiger partial charge in [0.25, 0.3) is 5.91 Å². The molecular formula is C23H29N3O2. The highest BCUT2D eigenvalue weighted by atomic mass is 16.5. The van der Waals surface area contributed by atoms with Crippen molar-refractivity contribution in [1.82, 2.24) is 10.3 Å². The number of para-hydroxylation sites is 1. The SMILES string of the molecule is CC(C)(C)NCCCCOc1ccccc1C(=O)Nc1cccc2[nH]ccc12. The molecule has 0 saturated carbocycles. The summed E-state index contributed by atoms with van der Waals surface area (Å²) in [5, 5.41) is 7.46. The van der Waals surface area contributed by atoms with Gasteiger partial charge in [-0.15, -0.1) is 0 Å². The van der Waals surface area contributed by atoms with Crippen LogP contribution in [0, 0.1) is 0 Å². The lowest BCUT2D eigenvalue weighted by Crippen LogP contribution is -2.36. The third-order valence-electron chi connectivity index (χ3n) is 4.46. The number of fused-ring (bicyclic) bond motifs is 1. The van der Waals surface area contributed by atoms with Gasteiger partial charge in [0.1, 0.15) is 5.75 Å². The van der Waals surface area contributed by atoms with Crippen LogP contribution in [0.1, 0.15) is 44.0 Å². The molecule has 1 amide bonds. The first-order valence-corrected chi connectivity index (χ1v) is 9.78. The minimum absolute atomic E-state index is 0.133. The highest BCUT2D eigenvalue weighted by molar-refractivity contribution is 6.10. The molecule has 5 nitrogen and oxygen atoms in total. The Morgan fingerprint density at radius 2 is 1.86 bits per heavy atom. The van der Waals surface area contributed by atoms with Gasteiger partial charge in [-0.25, -0.2) is 0 Å². The minimum atomic E-state index is -0.168. The van der Waals surface area contributed by atoms with Crippen LogP contribution in [0.2, 0.25) is 0 Å². The average molecular weight is 380 g/mol. The maximum absolute atomic E-state index is 12.8. The summed E-state index contributed by atoms with van der Waals surface area (Å²) in [7, 11) is 0. The van der Waals surface area contributed by atoms with Crippen molar-refractivity contribution in [3.63, 3.8) is 0 Å². The van der Waals surface area contributed by atoms with E-state index in [9.17, 15) is 4.79 Å². The molecule has 0 saturated heterocycles.